The van der Waals surface area contributed by atoms with E-state index in [0.29, 0.717) is 6.04 Å². The van der Waals surface area contributed by atoms with Crippen molar-refractivity contribution in [1.82, 2.24) is 10.6 Å². The van der Waals surface area contributed by atoms with E-state index in [1.807, 2.05) is 0 Å². The average molecular weight is 284 g/mol. The highest BCUT2D eigenvalue weighted by Gasteiger charge is 2.15. The number of hydrogen-bond donors (Lipinski definition) is 2. The second-order valence-electron chi connectivity index (χ2n) is 5.45. The first-order valence-corrected chi connectivity index (χ1v) is 7.75. The van der Waals surface area contributed by atoms with Crippen molar-refractivity contribution in [2.45, 2.75) is 38.3 Å². The Morgan fingerprint density at radius 3 is 2.65 bits per heavy atom. The van der Waals surface area contributed by atoms with Gasteiger partial charge in [0.15, 0.2) is 5.11 Å². The molecule has 2 aromatic carbocycles. The van der Waals surface area contributed by atoms with E-state index in [1.54, 1.807) is 0 Å². The molecule has 3 rings (SSSR count). The number of nitrogens with one attached hydrogen (secondary N) is 2. The van der Waals surface area contributed by atoms with Crippen LogP contribution in [-0.4, -0.2) is 11.2 Å². The maximum atomic E-state index is 5.39. The zero-order chi connectivity index (χ0) is 13.8. The van der Waals surface area contributed by atoms with Gasteiger partial charge in [0.1, 0.15) is 0 Å². The molecule has 0 aromatic heterocycles. The third kappa shape index (κ3) is 3.10. The van der Waals surface area contributed by atoms with Crippen molar-refractivity contribution < 1.29 is 0 Å². The van der Waals surface area contributed by atoms with Crippen molar-refractivity contribution in [3.63, 3.8) is 0 Å². The van der Waals surface area contributed by atoms with Gasteiger partial charge in [0, 0.05) is 12.6 Å². The number of thiocarbonyl (C=S) groups is 1. The van der Waals surface area contributed by atoms with Gasteiger partial charge in [0.2, 0.25) is 0 Å². The molecule has 2 nitrogen and oxygen atoms in total. The molecule has 2 N–H and O–H groups in total. The van der Waals surface area contributed by atoms with Gasteiger partial charge in [-0.3, -0.25) is 0 Å². The van der Waals surface area contributed by atoms with Gasteiger partial charge in [-0.1, -0.05) is 55.3 Å². The van der Waals surface area contributed by atoms with E-state index < -0.39 is 0 Å². The molecule has 1 aliphatic rings. The molecule has 0 unspecified atom stereocenters. The van der Waals surface area contributed by atoms with Gasteiger partial charge in [-0.2, -0.15) is 0 Å². The number of fused-ring (bicyclic) bond motifs is 1. The summed E-state index contributed by atoms with van der Waals surface area (Å²) in [6.45, 7) is 0.778. The van der Waals surface area contributed by atoms with Gasteiger partial charge in [-0.15, -0.1) is 0 Å². The maximum absolute atomic E-state index is 5.39. The zero-order valence-corrected chi connectivity index (χ0v) is 12.4. The molecular weight excluding hydrogens is 264 g/mol. The molecule has 104 valence electrons. The molecule has 0 aliphatic heterocycles. The molecule has 0 amide bonds. The Kier molecular flexibility index (Phi) is 4.16. The second kappa shape index (κ2) is 6.23. The molecule has 1 fully saturated rings. The number of benzene rings is 2. The summed E-state index contributed by atoms with van der Waals surface area (Å²) >= 11 is 5.39. The molecule has 20 heavy (non-hydrogen) atoms. The molecule has 2 aromatic rings. The first-order valence-electron chi connectivity index (χ1n) is 7.34. The van der Waals surface area contributed by atoms with E-state index in [2.05, 4.69) is 53.1 Å². The quantitative estimate of drug-likeness (QED) is 0.840. The van der Waals surface area contributed by atoms with Crippen LogP contribution in [0.5, 0.6) is 0 Å². The van der Waals surface area contributed by atoms with E-state index in [-0.39, 0.29) is 0 Å². The van der Waals surface area contributed by atoms with Crippen LogP contribution in [0.15, 0.2) is 42.5 Å². The summed E-state index contributed by atoms with van der Waals surface area (Å²) in [6, 6.07) is 15.5. The number of hydrogen-bond acceptors (Lipinski definition) is 1. The van der Waals surface area contributed by atoms with Gasteiger partial charge < -0.3 is 10.6 Å². The van der Waals surface area contributed by atoms with E-state index in [1.165, 1.54) is 42.0 Å². The highest BCUT2D eigenvalue weighted by atomic mass is 32.1. The van der Waals surface area contributed by atoms with Gasteiger partial charge in [-0.05, 0) is 41.4 Å². The van der Waals surface area contributed by atoms with Gasteiger partial charge in [0.05, 0.1) is 0 Å². The van der Waals surface area contributed by atoms with Crippen molar-refractivity contribution >= 4 is 28.1 Å². The fourth-order valence-electron chi connectivity index (χ4n) is 2.93. The van der Waals surface area contributed by atoms with E-state index in [9.17, 15) is 0 Å². The highest BCUT2D eigenvalue weighted by molar-refractivity contribution is 7.80. The standard InChI is InChI=1S/C17H20N2S/c20-17(19-15-9-2-3-10-15)18-12-14-8-5-7-13-6-1-4-11-16(13)14/h1,4-8,11,15H,2-3,9-10,12H2,(H2,18,19,20). The minimum absolute atomic E-state index is 0.572. The van der Waals surface area contributed by atoms with Crippen molar-refractivity contribution in [1.29, 1.82) is 0 Å². The van der Waals surface area contributed by atoms with Crippen molar-refractivity contribution in [3.05, 3.63) is 48.0 Å². The lowest BCUT2D eigenvalue weighted by Crippen LogP contribution is -2.40. The van der Waals surface area contributed by atoms with Crippen LogP contribution >= 0.6 is 12.2 Å². The van der Waals surface area contributed by atoms with E-state index in [0.717, 1.165) is 11.7 Å². The summed E-state index contributed by atoms with van der Waals surface area (Å²) < 4.78 is 0. The lowest BCUT2D eigenvalue weighted by Gasteiger charge is -2.16. The fraction of sp³-hybridized carbons (Fsp3) is 0.353. The first kappa shape index (κ1) is 13.4. The molecule has 0 heterocycles. The SMILES string of the molecule is S=C(NCc1cccc2ccccc12)NC1CCCC1. The highest BCUT2D eigenvalue weighted by Crippen LogP contribution is 2.19. The topological polar surface area (TPSA) is 24.1 Å². The molecular formula is C17H20N2S. The summed E-state index contributed by atoms with van der Waals surface area (Å²) in [5, 5.41) is 10.1. The van der Waals surface area contributed by atoms with Crippen LogP contribution in [0, 0.1) is 0 Å². The average Bonchev–Trinajstić information content (AvgIpc) is 2.98. The van der Waals surface area contributed by atoms with Crippen LogP contribution in [0.2, 0.25) is 0 Å². The van der Waals surface area contributed by atoms with Crippen LogP contribution in [0.25, 0.3) is 10.8 Å². The van der Waals surface area contributed by atoms with Crippen LogP contribution in [0.4, 0.5) is 0 Å². The monoisotopic (exact) mass is 284 g/mol. The van der Waals surface area contributed by atoms with Crippen LogP contribution in [0.1, 0.15) is 31.2 Å². The zero-order valence-electron chi connectivity index (χ0n) is 11.6. The Bertz CT molecular complexity index is 597. The van der Waals surface area contributed by atoms with Crippen LogP contribution < -0.4 is 10.6 Å². The molecule has 0 bridgehead atoms. The summed E-state index contributed by atoms with van der Waals surface area (Å²) in [4.78, 5) is 0. The maximum Gasteiger partial charge on any atom is 0.166 e. The molecule has 3 heteroatoms. The lowest BCUT2D eigenvalue weighted by molar-refractivity contribution is 0.621. The van der Waals surface area contributed by atoms with Crippen LogP contribution in [0.3, 0.4) is 0 Å². The molecule has 0 saturated heterocycles. The largest absolute Gasteiger partial charge is 0.360 e. The Balaban J connectivity index is 1.63. The molecule has 0 spiro atoms. The van der Waals surface area contributed by atoms with Crippen molar-refractivity contribution in [2.75, 3.05) is 0 Å². The Morgan fingerprint density at radius 2 is 1.80 bits per heavy atom. The summed E-state index contributed by atoms with van der Waals surface area (Å²) in [5.74, 6) is 0. The molecule has 0 atom stereocenters. The summed E-state index contributed by atoms with van der Waals surface area (Å²) in [6.07, 6.45) is 5.14. The molecule has 0 radical (unpaired) electrons. The predicted octanol–water partition coefficient (Wildman–Crippen LogP) is 3.75. The predicted molar refractivity (Wildman–Crippen MR) is 88.8 cm³/mol. The first-order chi connectivity index (χ1) is 9.83. The fourth-order valence-corrected chi connectivity index (χ4v) is 3.17. The Labute approximate surface area is 125 Å². The summed E-state index contributed by atoms with van der Waals surface area (Å²) in [7, 11) is 0. The normalized spacial score (nSPS) is 15.4. The third-order valence-electron chi connectivity index (χ3n) is 4.01. The van der Waals surface area contributed by atoms with E-state index in [4.69, 9.17) is 12.2 Å². The summed E-state index contributed by atoms with van der Waals surface area (Å²) in [5.41, 5.74) is 1.29. The third-order valence-corrected chi connectivity index (χ3v) is 4.27. The molecule has 1 aliphatic carbocycles. The van der Waals surface area contributed by atoms with E-state index >= 15 is 0 Å². The Hall–Kier alpha value is -1.61. The van der Waals surface area contributed by atoms with Crippen LogP contribution in [-0.2, 0) is 6.54 Å². The van der Waals surface area contributed by atoms with Gasteiger partial charge >= 0.3 is 0 Å². The lowest BCUT2D eigenvalue weighted by atomic mass is 10.0. The van der Waals surface area contributed by atoms with Gasteiger partial charge in [0.25, 0.3) is 0 Å². The minimum atomic E-state index is 0.572. The number of rotatable bonds is 3. The smallest absolute Gasteiger partial charge is 0.166 e. The molecule has 1 saturated carbocycles. The Morgan fingerprint density at radius 1 is 1.05 bits per heavy atom. The van der Waals surface area contributed by atoms with Gasteiger partial charge in [-0.25, -0.2) is 0 Å². The second-order valence-corrected chi connectivity index (χ2v) is 5.85. The van der Waals surface area contributed by atoms with Crippen molar-refractivity contribution in [2.24, 2.45) is 0 Å². The minimum Gasteiger partial charge on any atom is -0.360 e. The van der Waals surface area contributed by atoms with Crippen molar-refractivity contribution in [3.8, 4) is 0 Å².